The number of carbonyl (C=O) groups excluding carboxylic acids is 1. The van der Waals surface area contributed by atoms with Crippen LogP contribution in [0.15, 0.2) is 41.8 Å². The molecule has 0 saturated carbocycles. The highest BCUT2D eigenvalue weighted by Gasteiger charge is 2.27. The molecule has 3 rings (SSSR count). The summed E-state index contributed by atoms with van der Waals surface area (Å²) in [6, 6.07) is 11.8. The maximum absolute atomic E-state index is 12.3. The van der Waals surface area contributed by atoms with Gasteiger partial charge in [0, 0.05) is 13.6 Å². The Morgan fingerprint density at radius 3 is 2.91 bits per heavy atom. The van der Waals surface area contributed by atoms with Gasteiger partial charge in [0.15, 0.2) is 0 Å². The van der Waals surface area contributed by atoms with E-state index in [4.69, 9.17) is 4.74 Å². The Morgan fingerprint density at radius 1 is 1.36 bits per heavy atom. The Balaban J connectivity index is 1.70. The molecule has 0 N–H and O–H groups in total. The van der Waals surface area contributed by atoms with Gasteiger partial charge in [-0.2, -0.15) is 0 Å². The van der Waals surface area contributed by atoms with Crippen molar-refractivity contribution < 1.29 is 9.53 Å². The zero-order valence-corrected chi connectivity index (χ0v) is 13.7. The molecule has 1 aromatic heterocycles. The van der Waals surface area contributed by atoms with E-state index < -0.39 is 0 Å². The van der Waals surface area contributed by atoms with Gasteiger partial charge in [0.25, 0.3) is 5.91 Å². The Hall–Kier alpha value is -2.01. The van der Waals surface area contributed by atoms with Gasteiger partial charge in [-0.3, -0.25) is 4.79 Å². The van der Waals surface area contributed by atoms with Gasteiger partial charge in [0.05, 0.1) is 23.7 Å². The number of amides is 1. The topological polar surface area (TPSA) is 32.8 Å². The minimum absolute atomic E-state index is 0.0104. The summed E-state index contributed by atoms with van der Waals surface area (Å²) in [5.74, 6) is 0.957. The summed E-state index contributed by atoms with van der Waals surface area (Å²) in [7, 11) is 1.84. The zero-order valence-electron chi connectivity index (χ0n) is 12.9. The van der Waals surface area contributed by atoms with Crippen LogP contribution >= 0.6 is 11.3 Å². The number of hydrogen-bond donors (Lipinski definition) is 0. The van der Waals surface area contributed by atoms with Crippen LogP contribution in [0, 0.1) is 0 Å². The standard InChI is InChI=1S/C17H20N2O2S/c1-3-19-12-13(21-15-8-5-4-7-14(15)19)11-18(2)17(20)16-9-6-10-22-16/h4-10,13H,3,11-12H2,1-2H3. The molecule has 0 spiro atoms. The SMILES string of the molecule is CCN1CC(CN(C)C(=O)c2cccs2)Oc2ccccc21. The van der Waals surface area contributed by atoms with Crippen LogP contribution in [0.2, 0.25) is 0 Å². The fourth-order valence-corrected chi connectivity index (χ4v) is 3.47. The van der Waals surface area contributed by atoms with Crippen molar-refractivity contribution in [2.24, 2.45) is 0 Å². The van der Waals surface area contributed by atoms with Crippen LogP contribution < -0.4 is 9.64 Å². The predicted molar refractivity (Wildman–Crippen MR) is 90.0 cm³/mol. The van der Waals surface area contributed by atoms with Crippen molar-refractivity contribution in [2.75, 3.05) is 31.6 Å². The van der Waals surface area contributed by atoms with Gasteiger partial charge in [0.2, 0.25) is 0 Å². The van der Waals surface area contributed by atoms with E-state index >= 15 is 0 Å². The van der Waals surface area contributed by atoms with Gasteiger partial charge < -0.3 is 14.5 Å². The number of ether oxygens (including phenoxy) is 1. The van der Waals surface area contributed by atoms with Crippen molar-refractivity contribution >= 4 is 22.9 Å². The third-order valence-electron chi connectivity index (χ3n) is 3.86. The first-order chi connectivity index (χ1) is 10.7. The number of para-hydroxylation sites is 2. The lowest BCUT2D eigenvalue weighted by Crippen LogP contribution is -2.46. The van der Waals surface area contributed by atoms with Crippen molar-refractivity contribution in [2.45, 2.75) is 13.0 Å². The normalized spacial score (nSPS) is 16.8. The summed E-state index contributed by atoms with van der Waals surface area (Å²) in [5.41, 5.74) is 1.13. The molecule has 116 valence electrons. The molecule has 2 heterocycles. The van der Waals surface area contributed by atoms with Crippen molar-refractivity contribution in [3.05, 3.63) is 46.7 Å². The average Bonchev–Trinajstić information content (AvgIpc) is 3.07. The summed E-state index contributed by atoms with van der Waals surface area (Å²) >= 11 is 1.47. The number of nitrogens with zero attached hydrogens (tertiary/aromatic N) is 2. The quantitative estimate of drug-likeness (QED) is 0.869. The Bertz CT molecular complexity index is 642. The Kier molecular flexibility index (Phi) is 4.34. The van der Waals surface area contributed by atoms with E-state index in [0.29, 0.717) is 6.54 Å². The van der Waals surface area contributed by atoms with Crippen LogP contribution in [0.3, 0.4) is 0 Å². The molecule has 1 aromatic carbocycles. The molecule has 22 heavy (non-hydrogen) atoms. The highest BCUT2D eigenvalue weighted by atomic mass is 32.1. The lowest BCUT2D eigenvalue weighted by molar-refractivity contribution is 0.0714. The molecule has 1 aliphatic heterocycles. The van der Waals surface area contributed by atoms with Crippen molar-refractivity contribution in [1.82, 2.24) is 4.90 Å². The van der Waals surface area contributed by atoms with Gasteiger partial charge in [-0.1, -0.05) is 18.2 Å². The van der Waals surface area contributed by atoms with Crippen LogP contribution in [-0.2, 0) is 0 Å². The molecular weight excluding hydrogens is 296 g/mol. The van der Waals surface area contributed by atoms with Gasteiger partial charge in [-0.25, -0.2) is 0 Å². The van der Waals surface area contributed by atoms with E-state index in [1.165, 1.54) is 11.3 Å². The van der Waals surface area contributed by atoms with Gasteiger partial charge in [-0.05, 0) is 30.5 Å². The molecule has 0 fully saturated rings. The van der Waals surface area contributed by atoms with Crippen molar-refractivity contribution in [1.29, 1.82) is 0 Å². The van der Waals surface area contributed by atoms with Gasteiger partial charge in [0.1, 0.15) is 11.9 Å². The molecule has 1 aliphatic rings. The zero-order chi connectivity index (χ0) is 15.5. The number of fused-ring (bicyclic) bond motifs is 1. The molecule has 0 saturated heterocycles. The van der Waals surface area contributed by atoms with E-state index in [0.717, 1.165) is 29.4 Å². The molecule has 2 aromatic rings. The summed E-state index contributed by atoms with van der Waals surface area (Å²) < 4.78 is 6.07. The number of benzene rings is 1. The average molecular weight is 316 g/mol. The molecule has 4 nitrogen and oxygen atoms in total. The second-order valence-corrected chi connectivity index (χ2v) is 6.36. The number of hydrogen-bond acceptors (Lipinski definition) is 4. The van der Waals surface area contributed by atoms with Crippen molar-refractivity contribution in [3.8, 4) is 5.75 Å². The Labute approximate surface area is 134 Å². The molecule has 0 bridgehead atoms. The maximum Gasteiger partial charge on any atom is 0.263 e. The van der Waals surface area contributed by atoms with Crippen LogP contribution in [-0.4, -0.2) is 43.6 Å². The lowest BCUT2D eigenvalue weighted by atomic mass is 10.2. The van der Waals surface area contributed by atoms with Gasteiger partial charge in [-0.15, -0.1) is 11.3 Å². The van der Waals surface area contributed by atoms with E-state index in [1.807, 2.05) is 42.8 Å². The second-order valence-electron chi connectivity index (χ2n) is 5.41. The monoisotopic (exact) mass is 316 g/mol. The molecular formula is C17H20N2O2S. The summed E-state index contributed by atoms with van der Waals surface area (Å²) in [6.07, 6.45) is -0.0104. The number of rotatable bonds is 4. The summed E-state index contributed by atoms with van der Waals surface area (Å²) in [4.78, 5) is 17.2. The molecule has 5 heteroatoms. The summed E-state index contributed by atoms with van der Waals surface area (Å²) in [5, 5.41) is 1.92. The number of anilines is 1. The number of thiophene rings is 1. The fourth-order valence-electron chi connectivity index (χ4n) is 2.75. The van der Waals surface area contributed by atoms with E-state index in [2.05, 4.69) is 17.9 Å². The van der Waals surface area contributed by atoms with Crippen LogP contribution in [0.1, 0.15) is 16.6 Å². The second kappa shape index (κ2) is 6.40. The van der Waals surface area contributed by atoms with Gasteiger partial charge >= 0.3 is 0 Å². The highest BCUT2D eigenvalue weighted by Crippen LogP contribution is 2.32. The van der Waals surface area contributed by atoms with Crippen LogP contribution in [0.5, 0.6) is 5.75 Å². The molecule has 0 radical (unpaired) electrons. The third kappa shape index (κ3) is 2.95. The lowest BCUT2D eigenvalue weighted by Gasteiger charge is -2.37. The van der Waals surface area contributed by atoms with E-state index in [9.17, 15) is 4.79 Å². The van der Waals surface area contributed by atoms with Crippen LogP contribution in [0.4, 0.5) is 5.69 Å². The van der Waals surface area contributed by atoms with Crippen molar-refractivity contribution in [3.63, 3.8) is 0 Å². The van der Waals surface area contributed by atoms with Crippen LogP contribution in [0.25, 0.3) is 0 Å². The molecule has 0 aliphatic carbocycles. The smallest absolute Gasteiger partial charge is 0.263 e. The maximum atomic E-state index is 12.3. The first-order valence-corrected chi connectivity index (χ1v) is 8.36. The molecule has 1 amide bonds. The molecule has 1 atom stereocenters. The Morgan fingerprint density at radius 2 is 2.18 bits per heavy atom. The molecule has 1 unspecified atom stereocenters. The minimum Gasteiger partial charge on any atom is -0.485 e. The number of likely N-dealkylation sites (N-methyl/N-ethyl adjacent to an activating group) is 2. The largest absolute Gasteiger partial charge is 0.485 e. The first-order valence-electron chi connectivity index (χ1n) is 7.48. The summed E-state index contributed by atoms with van der Waals surface area (Å²) in [6.45, 7) is 4.45. The first kappa shape index (κ1) is 14.9. The fraction of sp³-hybridized carbons (Fsp3) is 0.353. The minimum atomic E-state index is -0.0104. The number of carbonyl (C=O) groups is 1. The third-order valence-corrected chi connectivity index (χ3v) is 4.72. The predicted octanol–water partition coefficient (Wildman–Crippen LogP) is 3.11. The highest BCUT2D eigenvalue weighted by molar-refractivity contribution is 7.12. The van der Waals surface area contributed by atoms with E-state index in [-0.39, 0.29) is 12.0 Å². The van der Waals surface area contributed by atoms with E-state index in [1.54, 1.807) is 4.90 Å².